The first-order valence-electron chi connectivity index (χ1n) is 7.07. The Labute approximate surface area is 101 Å². The topological polar surface area (TPSA) is 32.3 Å². The second kappa shape index (κ2) is 6.61. The number of nitrogens with one attached hydrogen (secondary N) is 1. The van der Waals surface area contributed by atoms with Gasteiger partial charge in [-0.1, -0.05) is 46.0 Å². The van der Waals surface area contributed by atoms with Crippen molar-refractivity contribution in [1.29, 1.82) is 0 Å². The largest absolute Gasteiger partial charge is 0.389 e. The van der Waals surface area contributed by atoms with Crippen molar-refractivity contribution in [3.05, 3.63) is 0 Å². The first kappa shape index (κ1) is 14.0. The van der Waals surface area contributed by atoms with Gasteiger partial charge in [-0.15, -0.1) is 0 Å². The van der Waals surface area contributed by atoms with Crippen molar-refractivity contribution in [2.45, 2.75) is 77.4 Å². The van der Waals surface area contributed by atoms with E-state index < -0.39 is 5.60 Å². The molecular formula is C14H29NO. The Morgan fingerprint density at radius 3 is 2.19 bits per heavy atom. The third kappa shape index (κ3) is 4.06. The molecule has 0 spiro atoms. The second-order valence-corrected chi connectivity index (χ2v) is 5.53. The third-order valence-electron chi connectivity index (χ3n) is 4.29. The predicted molar refractivity (Wildman–Crippen MR) is 69.6 cm³/mol. The smallest absolute Gasteiger partial charge is 0.0771 e. The highest BCUT2D eigenvalue weighted by Crippen LogP contribution is 2.27. The fourth-order valence-corrected chi connectivity index (χ4v) is 2.90. The molecular weight excluding hydrogens is 198 g/mol. The normalized spacial score (nSPS) is 22.3. The van der Waals surface area contributed by atoms with Gasteiger partial charge >= 0.3 is 0 Å². The highest BCUT2D eigenvalue weighted by Gasteiger charge is 2.29. The van der Waals surface area contributed by atoms with E-state index in [0.29, 0.717) is 6.04 Å². The monoisotopic (exact) mass is 227 g/mol. The predicted octanol–water partition coefficient (Wildman–Crippen LogP) is 3.10. The first-order valence-corrected chi connectivity index (χ1v) is 7.07. The summed E-state index contributed by atoms with van der Waals surface area (Å²) < 4.78 is 0. The Hall–Kier alpha value is -0.0800. The molecule has 1 aliphatic carbocycles. The minimum atomic E-state index is -0.418. The number of hydrogen-bond acceptors (Lipinski definition) is 2. The Morgan fingerprint density at radius 1 is 1.12 bits per heavy atom. The standard InChI is InChI=1S/C14H29NO/c1-4-13(5-2)12(3)15-11-14(16)9-7-6-8-10-14/h12-13,15-16H,4-11H2,1-3H3. The van der Waals surface area contributed by atoms with Crippen LogP contribution in [0.1, 0.15) is 65.7 Å². The van der Waals surface area contributed by atoms with E-state index in [-0.39, 0.29) is 0 Å². The Balaban J connectivity index is 2.31. The van der Waals surface area contributed by atoms with Crippen molar-refractivity contribution in [1.82, 2.24) is 5.32 Å². The van der Waals surface area contributed by atoms with Crippen molar-refractivity contribution in [2.75, 3.05) is 6.54 Å². The van der Waals surface area contributed by atoms with Crippen LogP contribution in [0.2, 0.25) is 0 Å². The molecule has 0 bridgehead atoms. The zero-order valence-corrected chi connectivity index (χ0v) is 11.3. The highest BCUT2D eigenvalue weighted by molar-refractivity contribution is 4.86. The van der Waals surface area contributed by atoms with Gasteiger partial charge < -0.3 is 10.4 Å². The van der Waals surface area contributed by atoms with Gasteiger partial charge in [0.05, 0.1) is 5.60 Å². The molecule has 1 aliphatic rings. The van der Waals surface area contributed by atoms with Gasteiger partial charge in [0, 0.05) is 12.6 Å². The molecule has 0 radical (unpaired) electrons. The molecule has 0 aromatic rings. The number of rotatable bonds is 6. The van der Waals surface area contributed by atoms with E-state index in [4.69, 9.17) is 0 Å². The van der Waals surface area contributed by atoms with Gasteiger partial charge in [0.1, 0.15) is 0 Å². The summed E-state index contributed by atoms with van der Waals surface area (Å²) in [5.74, 6) is 0.743. The van der Waals surface area contributed by atoms with Crippen LogP contribution >= 0.6 is 0 Å². The third-order valence-corrected chi connectivity index (χ3v) is 4.29. The van der Waals surface area contributed by atoms with Crippen LogP contribution in [0, 0.1) is 5.92 Å². The maximum atomic E-state index is 10.4. The van der Waals surface area contributed by atoms with Crippen LogP contribution in [-0.2, 0) is 0 Å². The van der Waals surface area contributed by atoms with E-state index in [1.54, 1.807) is 0 Å². The number of hydrogen-bond donors (Lipinski definition) is 2. The Morgan fingerprint density at radius 2 is 1.69 bits per heavy atom. The minimum Gasteiger partial charge on any atom is -0.389 e. The fourth-order valence-electron chi connectivity index (χ4n) is 2.90. The molecule has 2 N–H and O–H groups in total. The molecule has 2 nitrogen and oxygen atoms in total. The zero-order chi connectivity index (χ0) is 12.0. The second-order valence-electron chi connectivity index (χ2n) is 5.53. The summed E-state index contributed by atoms with van der Waals surface area (Å²) >= 11 is 0. The highest BCUT2D eigenvalue weighted by atomic mass is 16.3. The quantitative estimate of drug-likeness (QED) is 0.731. The molecule has 2 heteroatoms. The van der Waals surface area contributed by atoms with Crippen LogP contribution in [0.15, 0.2) is 0 Å². The van der Waals surface area contributed by atoms with Crippen molar-refractivity contribution < 1.29 is 5.11 Å². The Bertz CT molecular complexity index is 183. The lowest BCUT2D eigenvalue weighted by atomic mass is 9.84. The molecule has 1 fully saturated rings. The van der Waals surface area contributed by atoms with Crippen LogP contribution in [-0.4, -0.2) is 23.3 Å². The van der Waals surface area contributed by atoms with E-state index in [0.717, 1.165) is 25.3 Å². The molecule has 1 saturated carbocycles. The molecule has 0 aromatic carbocycles. The van der Waals surface area contributed by atoms with Crippen LogP contribution < -0.4 is 5.32 Å². The summed E-state index contributed by atoms with van der Waals surface area (Å²) in [4.78, 5) is 0. The fraction of sp³-hybridized carbons (Fsp3) is 1.00. The minimum absolute atomic E-state index is 0.418. The molecule has 1 unspecified atom stereocenters. The van der Waals surface area contributed by atoms with Gasteiger partial charge in [0.15, 0.2) is 0 Å². The van der Waals surface area contributed by atoms with Crippen molar-refractivity contribution in [2.24, 2.45) is 5.92 Å². The molecule has 0 aliphatic heterocycles. The maximum Gasteiger partial charge on any atom is 0.0771 e. The summed E-state index contributed by atoms with van der Waals surface area (Å²) in [6.07, 6.45) is 8.09. The van der Waals surface area contributed by atoms with Crippen LogP contribution in [0.4, 0.5) is 0 Å². The van der Waals surface area contributed by atoms with E-state index in [2.05, 4.69) is 26.1 Å². The molecule has 1 rings (SSSR count). The number of aliphatic hydroxyl groups is 1. The lowest BCUT2D eigenvalue weighted by Gasteiger charge is -2.34. The lowest BCUT2D eigenvalue weighted by molar-refractivity contribution is 0.00143. The van der Waals surface area contributed by atoms with Gasteiger partial charge in [0.2, 0.25) is 0 Å². The molecule has 16 heavy (non-hydrogen) atoms. The van der Waals surface area contributed by atoms with Gasteiger partial charge in [0.25, 0.3) is 0 Å². The van der Waals surface area contributed by atoms with E-state index in [1.165, 1.54) is 32.1 Å². The van der Waals surface area contributed by atoms with Crippen molar-refractivity contribution in [3.8, 4) is 0 Å². The zero-order valence-electron chi connectivity index (χ0n) is 11.3. The van der Waals surface area contributed by atoms with Crippen molar-refractivity contribution in [3.63, 3.8) is 0 Å². The summed E-state index contributed by atoms with van der Waals surface area (Å²) in [5.41, 5.74) is -0.418. The Kier molecular flexibility index (Phi) is 5.77. The first-order chi connectivity index (χ1) is 7.61. The summed E-state index contributed by atoms with van der Waals surface area (Å²) in [5, 5.41) is 13.9. The lowest BCUT2D eigenvalue weighted by Crippen LogP contribution is -2.46. The van der Waals surface area contributed by atoms with Crippen LogP contribution in [0.5, 0.6) is 0 Å². The average molecular weight is 227 g/mol. The van der Waals surface area contributed by atoms with Crippen LogP contribution in [0.3, 0.4) is 0 Å². The van der Waals surface area contributed by atoms with E-state index in [1.807, 2.05) is 0 Å². The molecule has 0 aromatic heterocycles. The van der Waals surface area contributed by atoms with E-state index >= 15 is 0 Å². The van der Waals surface area contributed by atoms with Gasteiger partial charge in [-0.3, -0.25) is 0 Å². The molecule has 0 amide bonds. The SMILES string of the molecule is CCC(CC)C(C)NCC1(O)CCCCC1. The van der Waals surface area contributed by atoms with Crippen molar-refractivity contribution >= 4 is 0 Å². The van der Waals surface area contributed by atoms with Gasteiger partial charge in [-0.2, -0.15) is 0 Å². The van der Waals surface area contributed by atoms with E-state index in [9.17, 15) is 5.11 Å². The maximum absolute atomic E-state index is 10.4. The van der Waals surface area contributed by atoms with Gasteiger partial charge in [-0.25, -0.2) is 0 Å². The molecule has 0 heterocycles. The summed E-state index contributed by atoms with van der Waals surface area (Å²) in [6, 6.07) is 0.529. The average Bonchev–Trinajstić information content (AvgIpc) is 2.29. The molecule has 0 saturated heterocycles. The molecule has 96 valence electrons. The molecule has 1 atom stereocenters. The summed E-state index contributed by atoms with van der Waals surface area (Å²) in [6.45, 7) is 7.54. The summed E-state index contributed by atoms with van der Waals surface area (Å²) in [7, 11) is 0. The van der Waals surface area contributed by atoms with Crippen LogP contribution in [0.25, 0.3) is 0 Å². The van der Waals surface area contributed by atoms with Gasteiger partial charge in [-0.05, 0) is 25.7 Å².